The number of rotatable bonds is 5. The third-order valence-corrected chi connectivity index (χ3v) is 3.18. The minimum absolute atomic E-state index is 0.219. The molecule has 0 amide bonds. The summed E-state index contributed by atoms with van der Waals surface area (Å²) in [5.41, 5.74) is -0.535. The monoisotopic (exact) mass is 253 g/mol. The molecule has 1 aromatic heterocycles. The third kappa shape index (κ3) is 2.73. The van der Waals surface area contributed by atoms with E-state index in [4.69, 9.17) is 4.42 Å². The van der Waals surface area contributed by atoms with Crippen molar-refractivity contribution in [2.45, 2.75) is 31.9 Å². The van der Waals surface area contributed by atoms with Crippen LogP contribution in [0.15, 0.2) is 16.5 Å². The van der Waals surface area contributed by atoms with Crippen molar-refractivity contribution in [2.24, 2.45) is 0 Å². The molecule has 1 saturated heterocycles. The Labute approximate surface area is 106 Å². The van der Waals surface area contributed by atoms with Crippen LogP contribution < -0.4 is 0 Å². The van der Waals surface area contributed by atoms with Gasteiger partial charge in [0, 0.05) is 13.1 Å². The third-order valence-electron chi connectivity index (χ3n) is 3.18. The maximum Gasteiger partial charge on any atom is 0.373 e. The summed E-state index contributed by atoms with van der Waals surface area (Å²) in [5, 5.41) is 10.0. The van der Waals surface area contributed by atoms with E-state index in [1.807, 2.05) is 0 Å². The Balaban J connectivity index is 1.85. The van der Waals surface area contributed by atoms with Crippen LogP contribution in [0, 0.1) is 0 Å². The van der Waals surface area contributed by atoms with Gasteiger partial charge in [0.25, 0.3) is 0 Å². The van der Waals surface area contributed by atoms with Gasteiger partial charge in [0.05, 0.1) is 19.3 Å². The highest BCUT2D eigenvalue weighted by Crippen LogP contribution is 2.27. The van der Waals surface area contributed by atoms with E-state index in [9.17, 15) is 9.90 Å². The number of aliphatic hydroxyl groups is 1. The van der Waals surface area contributed by atoms with Crippen molar-refractivity contribution < 1.29 is 19.1 Å². The van der Waals surface area contributed by atoms with Crippen molar-refractivity contribution in [3.63, 3.8) is 0 Å². The van der Waals surface area contributed by atoms with Gasteiger partial charge in [0.1, 0.15) is 5.76 Å². The van der Waals surface area contributed by atoms with E-state index in [0.29, 0.717) is 25.4 Å². The molecule has 0 atom stereocenters. The van der Waals surface area contributed by atoms with E-state index >= 15 is 0 Å². The Hall–Kier alpha value is -1.33. The van der Waals surface area contributed by atoms with E-state index in [2.05, 4.69) is 16.6 Å². The van der Waals surface area contributed by atoms with E-state index in [1.54, 1.807) is 12.1 Å². The number of furan rings is 1. The van der Waals surface area contributed by atoms with Crippen LogP contribution in [0.25, 0.3) is 0 Å². The topological polar surface area (TPSA) is 62.9 Å². The van der Waals surface area contributed by atoms with E-state index in [-0.39, 0.29) is 5.76 Å². The largest absolute Gasteiger partial charge is 0.463 e. The van der Waals surface area contributed by atoms with E-state index in [1.165, 1.54) is 7.11 Å². The van der Waals surface area contributed by atoms with E-state index in [0.717, 1.165) is 12.8 Å². The molecule has 1 N–H and O–H groups in total. The molecule has 0 aromatic carbocycles. The highest BCUT2D eigenvalue weighted by atomic mass is 16.5. The number of nitrogens with zero attached hydrogens (tertiary/aromatic N) is 1. The lowest BCUT2D eigenvalue weighted by atomic mass is 9.89. The van der Waals surface area contributed by atoms with Gasteiger partial charge in [-0.1, -0.05) is 13.3 Å². The second-order valence-electron chi connectivity index (χ2n) is 4.88. The summed E-state index contributed by atoms with van der Waals surface area (Å²) in [6, 6.07) is 3.38. The summed E-state index contributed by atoms with van der Waals surface area (Å²) in [6.07, 6.45) is 1.81. The van der Waals surface area contributed by atoms with Crippen molar-refractivity contribution in [3.05, 3.63) is 23.7 Å². The summed E-state index contributed by atoms with van der Waals surface area (Å²) < 4.78 is 9.95. The summed E-state index contributed by atoms with van der Waals surface area (Å²) in [7, 11) is 1.32. The first-order valence-corrected chi connectivity index (χ1v) is 6.18. The van der Waals surface area contributed by atoms with Gasteiger partial charge < -0.3 is 14.3 Å². The molecule has 5 heteroatoms. The quantitative estimate of drug-likeness (QED) is 0.804. The van der Waals surface area contributed by atoms with Gasteiger partial charge in [0.2, 0.25) is 5.76 Å². The number of esters is 1. The second kappa shape index (κ2) is 5.12. The Morgan fingerprint density at radius 1 is 1.56 bits per heavy atom. The first-order chi connectivity index (χ1) is 8.56. The lowest BCUT2D eigenvalue weighted by molar-refractivity contribution is -0.108. The van der Waals surface area contributed by atoms with Crippen LogP contribution in [0.1, 0.15) is 36.1 Å². The molecule has 0 aliphatic carbocycles. The Kier molecular flexibility index (Phi) is 3.73. The van der Waals surface area contributed by atoms with E-state index < -0.39 is 11.6 Å². The second-order valence-corrected chi connectivity index (χ2v) is 4.88. The minimum atomic E-state index is -0.535. The predicted octanol–water partition coefficient (Wildman–Crippen LogP) is 1.41. The Bertz CT molecular complexity index is 420. The zero-order chi connectivity index (χ0) is 13.2. The molecule has 5 nitrogen and oxygen atoms in total. The van der Waals surface area contributed by atoms with Crippen LogP contribution >= 0.6 is 0 Å². The number of methoxy groups -OCH3 is 1. The number of carbonyl (C=O) groups excluding carboxylic acids is 1. The Morgan fingerprint density at radius 3 is 2.89 bits per heavy atom. The molecule has 1 aliphatic rings. The van der Waals surface area contributed by atoms with Gasteiger partial charge in [-0.25, -0.2) is 4.79 Å². The standard InChI is InChI=1S/C13H19NO4/c1-3-6-13(16)8-14(9-13)7-10-4-5-11(18-10)12(15)17-2/h4-5,16H,3,6-9H2,1-2H3. The number of carbonyl (C=O) groups is 1. The first kappa shape index (κ1) is 13.1. The van der Waals surface area contributed by atoms with Gasteiger partial charge in [0.15, 0.2) is 0 Å². The molecule has 18 heavy (non-hydrogen) atoms. The van der Waals surface area contributed by atoms with Gasteiger partial charge in [-0.2, -0.15) is 0 Å². The summed E-state index contributed by atoms with van der Waals surface area (Å²) in [4.78, 5) is 13.3. The van der Waals surface area contributed by atoms with Crippen LogP contribution in [0.2, 0.25) is 0 Å². The van der Waals surface area contributed by atoms with Crippen LogP contribution in [-0.2, 0) is 11.3 Å². The van der Waals surface area contributed by atoms with Crippen molar-refractivity contribution in [2.75, 3.05) is 20.2 Å². The van der Waals surface area contributed by atoms with Gasteiger partial charge in [-0.3, -0.25) is 4.90 Å². The maximum atomic E-state index is 11.2. The van der Waals surface area contributed by atoms with Crippen molar-refractivity contribution >= 4 is 5.97 Å². The summed E-state index contributed by atoms with van der Waals surface area (Å²) in [5.74, 6) is 0.470. The molecule has 1 aromatic rings. The van der Waals surface area contributed by atoms with Crippen LogP contribution in [0.5, 0.6) is 0 Å². The van der Waals surface area contributed by atoms with Crippen LogP contribution in [0.4, 0.5) is 0 Å². The zero-order valence-electron chi connectivity index (χ0n) is 10.8. The highest BCUT2D eigenvalue weighted by molar-refractivity contribution is 5.86. The minimum Gasteiger partial charge on any atom is -0.463 e. The van der Waals surface area contributed by atoms with Gasteiger partial charge >= 0.3 is 5.97 Å². The molecule has 1 fully saturated rings. The number of likely N-dealkylation sites (tertiary alicyclic amines) is 1. The summed E-state index contributed by atoms with van der Waals surface area (Å²) >= 11 is 0. The van der Waals surface area contributed by atoms with Gasteiger partial charge in [-0.15, -0.1) is 0 Å². The fraction of sp³-hybridized carbons (Fsp3) is 0.615. The lowest BCUT2D eigenvalue weighted by Gasteiger charge is -2.46. The molecule has 2 heterocycles. The smallest absolute Gasteiger partial charge is 0.373 e. The molecule has 2 rings (SSSR count). The summed E-state index contributed by atoms with van der Waals surface area (Å²) in [6.45, 7) is 4.00. The maximum absolute atomic E-state index is 11.2. The SMILES string of the molecule is CCCC1(O)CN(Cc2ccc(C(=O)OC)o2)C1. The average Bonchev–Trinajstić information content (AvgIpc) is 2.75. The molecule has 0 unspecified atom stereocenters. The zero-order valence-corrected chi connectivity index (χ0v) is 10.8. The molecular formula is C13H19NO4. The molecule has 0 radical (unpaired) electrons. The van der Waals surface area contributed by atoms with Crippen LogP contribution in [0.3, 0.4) is 0 Å². The molecule has 0 saturated carbocycles. The molecular weight excluding hydrogens is 234 g/mol. The number of ether oxygens (including phenoxy) is 1. The molecule has 0 bridgehead atoms. The Morgan fingerprint density at radius 2 is 2.28 bits per heavy atom. The average molecular weight is 253 g/mol. The van der Waals surface area contributed by atoms with Crippen LogP contribution in [-0.4, -0.2) is 41.8 Å². The predicted molar refractivity (Wildman–Crippen MR) is 65.2 cm³/mol. The fourth-order valence-corrected chi connectivity index (χ4v) is 2.41. The van der Waals surface area contributed by atoms with Crippen molar-refractivity contribution in [1.82, 2.24) is 4.90 Å². The lowest BCUT2D eigenvalue weighted by Crippen LogP contribution is -2.60. The van der Waals surface area contributed by atoms with Crippen molar-refractivity contribution in [1.29, 1.82) is 0 Å². The number of hydrogen-bond donors (Lipinski definition) is 1. The first-order valence-electron chi connectivity index (χ1n) is 6.18. The van der Waals surface area contributed by atoms with Crippen molar-refractivity contribution in [3.8, 4) is 0 Å². The van der Waals surface area contributed by atoms with Gasteiger partial charge in [-0.05, 0) is 18.6 Å². The molecule has 100 valence electrons. The number of hydrogen-bond acceptors (Lipinski definition) is 5. The highest BCUT2D eigenvalue weighted by Gasteiger charge is 2.40. The molecule has 0 spiro atoms. The normalized spacial score (nSPS) is 18.4. The molecule has 1 aliphatic heterocycles. The number of β-amino-alcohol motifs (C(OH)–C–C–N with tert-alkyl or cyclic N) is 1. The fourth-order valence-electron chi connectivity index (χ4n) is 2.41.